The number of benzene rings is 2. The first-order valence-corrected chi connectivity index (χ1v) is 12.4. The smallest absolute Gasteiger partial charge is 0.137 e. The van der Waals surface area contributed by atoms with E-state index >= 15 is 0 Å². The van der Waals surface area contributed by atoms with Gasteiger partial charge < -0.3 is 9.72 Å². The summed E-state index contributed by atoms with van der Waals surface area (Å²) in [6.45, 7) is 2.94. The van der Waals surface area contributed by atoms with Gasteiger partial charge in [-0.1, -0.05) is 6.08 Å². The lowest BCUT2D eigenvalue weighted by atomic mass is 10.0. The standard InChI is InChI=1S/C28H26N6O/c1-17-31-22-9-8-21(12-24(22)32-17)35-26-11-10-23-28(27(26)19-4-2-3-5-19)33-25(14-29-23)20-13-30-34(16-20)15-18-6-7-18/h4,8-14,16,18H,2-3,5-7,15H2,1H3,(H,31,32). The van der Waals surface area contributed by atoms with Crippen LogP contribution in [0.25, 0.3) is 38.9 Å². The van der Waals surface area contributed by atoms with Crippen LogP contribution < -0.4 is 4.74 Å². The molecular formula is C28H26N6O. The van der Waals surface area contributed by atoms with Crippen molar-refractivity contribution in [2.45, 2.75) is 45.6 Å². The number of rotatable bonds is 6. The van der Waals surface area contributed by atoms with Crippen molar-refractivity contribution in [1.29, 1.82) is 0 Å². The number of hydrogen-bond acceptors (Lipinski definition) is 5. The fourth-order valence-electron chi connectivity index (χ4n) is 4.96. The molecule has 1 N–H and O–H groups in total. The molecule has 0 aliphatic heterocycles. The Hall–Kier alpha value is -4.00. The molecule has 2 aliphatic rings. The van der Waals surface area contributed by atoms with Crippen LogP contribution in [-0.4, -0.2) is 29.7 Å². The molecule has 0 bridgehead atoms. The summed E-state index contributed by atoms with van der Waals surface area (Å²) >= 11 is 0. The van der Waals surface area contributed by atoms with E-state index in [0.29, 0.717) is 0 Å². The fraction of sp³-hybridized carbons (Fsp3) is 0.286. The highest BCUT2D eigenvalue weighted by Gasteiger charge is 2.23. The molecule has 5 aromatic rings. The van der Waals surface area contributed by atoms with Gasteiger partial charge in [0.15, 0.2) is 0 Å². The minimum absolute atomic E-state index is 0.769. The third kappa shape index (κ3) is 3.87. The zero-order chi connectivity index (χ0) is 23.4. The zero-order valence-electron chi connectivity index (χ0n) is 19.7. The van der Waals surface area contributed by atoms with Gasteiger partial charge in [0.1, 0.15) is 22.8 Å². The Balaban J connectivity index is 1.32. The number of aromatic nitrogens is 6. The molecule has 0 saturated heterocycles. The molecule has 0 radical (unpaired) electrons. The largest absolute Gasteiger partial charge is 0.457 e. The first-order valence-electron chi connectivity index (χ1n) is 12.4. The Morgan fingerprint density at radius 2 is 2.00 bits per heavy atom. The van der Waals surface area contributed by atoms with Crippen molar-refractivity contribution in [1.82, 2.24) is 29.7 Å². The van der Waals surface area contributed by atoms with Gasteiger partial charge in [0, 0.05) is 29.9 Å². The van der Waals surface area contributed by atoms with Gasteiger partial charge in [-0.3, -0.25) is 9.67 Å². The van der Waals surface area contributed by atoms with Crippen molar-refractivity contribution in [2.24, 2.45) is 5.92 Å². The summed E-state index contributed by atoms with van der Waals surface area (Å²) in [5, 5.41) is 4.56. The first kappa shape index (κ1) is 20.4. The quantitative estimate of drug-likeness (QED) is 0.314. The average molecular weight is 463 g/mol. The third-order valence-corrected chi connectivity index (χ3v) is 6.91. The topological polar surface area (TPSA) is 81.5 Å². The Morgan fingerprint density at radius 1 is 1.09 bits per heavy atom. The van der Waals surface area contributed by atoms with Gasteiger partial charge in [-0.05, 0) is 74.8 Å². The van der Waals surface area contributed by atoms with Crippen molar-refractivity contribution >= 4 is 27.6 Å². The third-order valence-electron chi connectivity index (χ3n) is 6.91. The normalized spacial score (nSPS) is 15.7. The Kier molecular flexibility index (Phi) is 4.68. The van der Waals surface area contributed by atoms with Gasteiger partial charge in [0.05, 0.1) is 34.6 Å². The van der Waals surface area contributed by atoms with E-state index in [4.69, 9.17) is 14.7 Å². The summed E-state index contributed by atoms with van der Waals surface area (Å²) in [4.78, 5) is 17.7. The minimum atomic E-state index is 0.769. The molecule has 0 spiro atoms. The van der Waals surface area contributed by atoms with Gasteiger partial charge in [-0.2, -0.15) is 5.10 Å². The molecule has 35 heavy (non-hydrogen) atoms. The lowest BCUT2D eigenvalue weighted by Gasteiger charge is -2.15. The number of fused-ring (bicyclic) bond motifs is 2. The lowest BCUT2D eigenvalue weighted by molar-refractivity contribution is 0.482. The van der Waals surface area contributed by atoms with Crippen molar-refractivity contribution in [3.8, 4) is 22.8 Å². The van der Waals surface area contributed by atoms with E-state index in [-0.39, 0.29) is 0 Å². The van der Waals surface area contributed by atoms with Crippen LogP contribution in [0.1, 0.15) is 43.5 Å². The Morgan fingerprint density at radius 3 is 2.86 bits per heavy atom. The molecular weight excluding hydrogens is 436 g/mol. The van der Waals surface area contributed by atoms with Crippen LogP contribution in [0.5, 0.6) is 11.5 Å². The maximum atomic E-state index is 6.47. The monoisotopic (exact) mass is 462 g/mol. The van der Waals surface area contributed by atoms with Crippen LogP contribution in [0.2, 0.25) is 0 Å². The van der Waals surface area contributed by atoms with Crippen LogP contribution in [0.3, 0.4) is 0 Å². The first-order chi connectivity index (χ1) is 17.2. The van der Waals surface area contributed by atoms with Gasteiger partial charge in [0.2, 0.25) is 0 Å². The molecule has 2 aliphatic carbocycles. The number of hydrogen-bond donors (Lipinski definition) is 1. The number of aryl methyl sites for hydroxylation is 1. The Labute approximate surface area is 202 Å². The molecule has 0 atom stereocenters. The molecule has 2 aromatic carbocycles. The Bertz CT molecular complexity index is 1610. The van der Waals surface area contributed by atoms with E-state index in [0.717, 1.165) is 87.9 Å². The van der Waals surface area contributed by atoms with Crippen LogP contribution >= 0.6 is 0 Å². The van der Waals surface area contributed by atoms with Gasteiger partial charge in [-0.15, -0.1) is 0 Å². The van der Waals surface area contributed by atoms with Gasteiger partial charge >= 0.3 is 0 Å². The van der Waals surface area contributed by atoms with Crippen LogP contribution in [0.4, 0.5) is 0 Å². The van der Waals surface area contributed by atoms with Crippen LogP contribution in [0, 0.1) is 12.8 Å². The van der Waals surface area contributed by atoms with Crippen molar-refractivity contribution < 1.29 is 4.74 Å². The number of nitrogens with one attached hydrogen (secondary N) is 1. The maximum absolute atomic E-state index is 6.47. The maximum Gasteiger partial charge on any atom is 0.137 e. The number of nitrogens with zero attached hydrogens (tertiary/aromatic N) is 5. The molecule has 7 nitrogen and oxygen atoms in total. The van der Waals surface area contributed by atoms with E-state index in [1.165, 1.54) is 18.4 Å². The number of aromatic amines is 1. The lowest BCUT2D eigenvalue weighted by Crippen LogP contribution is -1.99. The second kappa shape index (κ2) is 8.05. The molecule has 174 valence electrons. The molecule has 3 heterocycles. The number of imidazole rings is 1. The fourth-order valence-corrected chi connectivity index (χ4v) is 4.96. The number of ether oxygens (including phenoxy) is 1. The van der Waals surface area contributed by atoms with Crippen molar-refractivity contribution in [3.63, 3.8) is 0 Å². The summed E-state index contributed by atoms with van der Waals surface area (Å²) < 4.78 is 8.51. The summed E-state index contributed by atoms with van der Waals surface area (Å²) in [5.74, 6) is 3.24. The average Bonchev–Trinajstić information content (AvgIpc) is 3.23. The molecule has 0 amide bonds. The molecule has 1 fully saturated rings. The summed E-state index contributed by atoms with van der Waals surface area (Å²) in [7, 11) is 0. The van der Waals surface area contributed by atoms with E-state index < -0.39 is 0 Å². The van der Waals surface area contributed by atoms with E-state index in [1.54, 1.807) is 0 Å². The van der Waals surface area contributed by atoms with Crippen LogP contribution in [-0.2, 0) is 6.54 Å². The van der Waals surface area contributed by atoms with E-state index in [9.17, 15) is 0 Å². The summed E-state index contributed by atoms with van der Waals surface area (Å²) in [5.41, 5.74) is 7.80. The van der Waals surface area contributed by atoms with Crippen molar-refractivity contribution in [2.75, 3.05) is 0 Å². The summed E-state index contributed by atoms with van der Waals surface area (Å²) in [6.07, 6.45) is 14.0. The minimum Gasteiger partial charge on any atom is -0.457 e. The molecule has 3 aromatic heterocycles. The number of allylic oxidation sites excluding steroid dienone is 2. The summed E-state index contributed by atoms with van der Waals surface area (Å²) in [6, 6.07) is 9.97. The molecule has 7 rings (SSSR count). The second-order valence-corrected chi connectivity index (χ2v) is 9.68. The van der Waals surface area contributed by atoms with E-state index in [1.807, 2.05) is 54.3 Å². The number of H-pyrrole nitrogens is 1. The predicted molar refractivity (Wildman–Crippen MR) is 136 cm³/mol. The van der Waals surface area contributed by atoms with Gasteiger partial charge in [-0.25, -0.2) is 9.97 Å². The highest BCUT2D eigenvalue weighted by atomic mass is 16.5. The molecule has 0 unspecified atom stereocenters. The second-order valence-electron chi connectivity index (χ2n) is 9.68. The van der Waals surface area contributed by atoms with E-state index in [2.05, 4.69) is 27.3 Å². The van der Waals surface area contributed by atoms with Crippen molar-refractivity contribution in [3.05, 3.63) is 66.4 Å². The molecule has 1 saturated carbocycles. The van der Waals surface area contributed by atoms with Crippen LogP contribution in [0.15, 0.2) is 55.0 Å². The highest BCUT2D eigenvalue weighted by molar-refractivity contribution is 5.93. The highest BCUT2D eigenvalue weighted by Crippen LogP contribution is 2.40. The predicted octanol–water partition coefficient (Wildman–Crippen LogP) is 6.45. The van der Waals surface area contributed by atoms with Gasteiger partial charge in [0.25, 0.3) is 0 Å². The SMILES string of the molecule is Cc1nc2ccc(Oc3ccc4ncc(-c5cnn(CC6CC6)c5)nc4c3C3=CCCC3)cc2[nH]1. The zero-order valence-corrected chi connectivity index (χ0v) is 19.7. The molecule has 7 heteroatoms.